The molecule has 1 aromatic rings. The minimum absolute atomic E-state index is 0.405. The molecule has 0 saturated heterocycles. The van der Waals surface area contributed by atoms with Crippen molar-refractivity contribution < 1.29 is 13.2 Å². The van der Waals surface area contributed by atoms with E-state index in [-0.39, 0.29) is 0 Å². The number of aryl methyl sites for hydroxylation is 1. The van der Waals surface area contributed by atoms with E-state index < -0.39 is 10.0 Å². The summed E-state index contributed by atoms with van der Waals surface area (Å²) >= 11 is 1.49. The Morgan fingerprint density at radius 2 is 2.05 bits per heavy atom. The quantitative estimate of drug-likeness (QED) is 0.609. The highest BCUT2D eigenvalue weighted by molar-refractivity contribution is 7.89. The molecule has 0 radical (unpaired) electrons. The van der Waals surface area contributed by atoms with Crippen molar-refractivity contribution in [3.8, 4) is 0 Å². The Morgan fingerprint density at radius 1 is 1.29 bits per heavy atom. The van der Waals surface area contributed by atoms with Gasteiger partial charge in [0, 0.05) is 31.2 Å². The van der Waals surface area contributed by atoms with E-state index in [1.54, 1.807) is 0 Å². The lowest BCUT2D eigenvalue weighted by Gasteiger charge is -2.09. The van der Waals surface area contributed by atoms with Crippen molar-refractivity contribution in [2.75, 3.05) is 26.3 Å². The fourth-order valence-corrected chi connectivity index (χ4v) is 4.76. The first-order chi connectivity index (χ1) is 10.0. The Kier molecular flexibility index (Phi) is 8.43. The largest absolute Gasteiger partial charge is 0.381 e. The second-order valence-electron chi connectivity index (χ2n) is 4.82. The van der Waals surface area contributed by atoms with Crippen LogP contribution in [0.1, 0.15) is 37.1 Å². The summed E-state index contributed by atoms with van der Waals surface area (Å²) in [4.78, 5) is 1.30. The molecule has 2 N–H and O–H groups in total. The smallest absolute Gasteiger partial charge is 0.241 e. The van der Waals surface area contributed by atoms with E-state index in [1.807, 2.05) is 26.2 Å². The standard InChI is InChI=1S/C14H26N2O3S2/c1-4-8-19-9-6-7-16-21(17,18)14-12(3)11-20-13(14)10-15-5-2/h11,15-16H,4-10H2,1-3H3. The summed E-state index contributed by atoms with van der Waals surface area (Å²) in [5.74, 6) is 0. The molecule has 5 nitrogen and oxygen atoms in total. The SMILES string of the molecule is CCCOCCCNS(=O)(=O)c1c(C)csc1CNCC. The van der Waals surface area contributed by atoms with Crippen molar-refractivity contribution in [2.24, 2.45) is 0 Å². The first-order valence-corrected chi connectivity index (χ1v) is 9.74. The molecule has 0 fully saturated rings. The maximum atomic E-state index is 12.4. The lowest BCUT2D eigenvalue weighted by molar-refractivity contribution is 0.133. The van der Waals surface area contributed by atoms with Gasteiger partial charge in [-0.15, -0.1) is 11.3 Å². The molecule has 0 aliphatic heterocycles. The van der Waals surface area contributed by atoms with Crippen molar-refractivity contribution in [1.82, 2.24) is 10.0 Å². The van der Waals surface area contributed by atoms with E-state index >= 15 is 0 Å². The van der Waals surface area contributed by atoms with Crippen LogP contribution in [0.25, 0.3) is 0 Å². The average Bonchev–Trinajstić information content (AvgIpc) is 2.82. The van der Waals surface area contributed by atoms with E-state index in [1.165, 1.54) is 11.3 Å². The number of thiophene rings is 1. The third kappa shape index (κ3) is 6.04. The van der Waals surface area contributed by atoms with Crippen molar-refractivity contribution in [2.45, 2.75) is 45.1 Å². The van der Waals surface area contributed by atoms with Crippen molar-refractivity contribution in [3.05, 3.63) is 15.8 Å². The van der Waals surface area contributed by atoms with Crippen LogP contribution in [0.2, 0.25) is 0 Å². The monoisotopic (exact) mass is 334 g/mol. The Morgan fingerprint density at radius 3 is 2.71 bits per heavy atom. The third-order valence-corrected chi connectivity index (χ3v) is 5.82. The maximum Gasteiger partial charge on any atom is 0.241 e. The highest BCUT2D eigenvalue weighted by atomic mass is 32.2. The fraction of sp³-hybridized carbons (Fsp3) is 0.714. The molecule has 0 atom stereocenters. The molecule has 0 unspecified atom stereocenters. The first kappa shape index (κ1) is 18.6. The highest BCUT2D eigenvalue weighted by Crippen LogP contribution is 2.26. The van der Waals surface area contributed by atoms with Gasteiger partial charge in [-0.2, -0.15) is 0 Å². The van der Waals surface area contributed by atoms with Crippen LogP contribution in [0.15, 0.2) is 10.3 Å². The Hall–Kier alpha value is -0.470. The Bertz CT molecular complexity index is 512. The minimum Gasteiger partial charge on any atom is -0.381 e. The molecule has 1 heterocycles. The summed E-state index contributed by atoms with van der Waals surface area (Å²) in [5, 5.41) is 5.07. The molecule has 0 spiro atoms. The summed E-state index contributed by atoms with van der Waals surface area (Å²) in [7, 11) is -3.44. The molecule has 1 aromatic heterocycles. The number of rotatable bonds is 11. The number of sulfonamides is 1. The molecule has 0 aliphatic carbocycles. The van der Waals surface area contributed by atoms with Gasteiger partial charge in [0.2, 0.25) is 10.0 Å². The first-order valence-electron chi connectivity index (χ1n) is 7.38. The van der Waals surface area contributed by atoms with Gasteiger partial charge in [0.05, 0.1) is 0 Å². The molecular weight excluding hydrogens is 308 g/mol. The van der Waals surface area contributed by atoms with Crippen LogP contribution in [0.4, 0.5) is 0 Å². The van der Waals surface area contributed by atoms with Crippen LogP contribution in [-0.2, 0) is 21.3 Å². The summed E-state index contributed by atoms with van der Waals surface area (Å²) in [6.45, 7) is 9.01. The van der Waals surface area contributed by atoms with Gasteiger partial charge in [-0.25, -0.2) is 13.1 Å². The van der Waals surface area contributed by atoms with Crippen molar-refractivity contribution >= 4 is 21.4 Å². The van der Waals surface area contributed by atoms with Gasteiger partial charge in [-0.3, -0.25) is 0 Å². The predicted molar refractivity (Wildman–Crippen MR) is 87.4 cm³/mol. The van der Waals surface area contributed by atoms with Gasteiger partial charge >= 0.3 is 0 Å². The van der Waals surface area contributed by atoms with Crippen LogP contribution >= 0.6 is 11.3 Å². The van der Waals surface area contributed by atoms with Gasteiger partial charge in [0.1, 0.15) is 4.90 Å². The highest BCUT2D eigenvalue weighted by Gasteiger charge is 2.22. The van der Waals surface area contributed by atoms with Crippen molar-refractivity contribution in [3.63, 3.8) is 0 Å². The van der Waals surface area contributed by atoms with Gasteiger partial charge in [0.25, 0.3) is 0 Å². The zero-order chi connectivity index (χ0) is 15.7. The third-order valence-electron chi connectivity index (χ3n) is 2.90. The Balaban J connectivity index is 2.59. The summed E-state index contributed by atoms with van der Waals surface area (Å²) < 4.78 is 32.8. The summed E-state index contributed by atoms with van der Waals surface area (Å²) in [6, 6.07) is 0. The lowest BCUT2D eigenvalue weighted by Crippen LogP contribution is -2.27. The van der Waals surface area contributed by atoms with Gasteiger partial charge in [0.15, 0.2) is 0 Å². The molecule has 122 valence electrons. The summed E-state index contributed by atoms with van der Waals surface area (Å²) in [5.41, 5.74) is 0.808. The second-order valence-corrected chi connectivity index (χ2v) is 7.48. The minimum atomic E-state index is -3.44. The van der Waals surface area contributed by atoms with Gasteiger partial charge in [-0.1, -0.05) is 13.8 Å². The van der Waals surface area contributed by atoms with Crippen LogP contribution in [-0.4, -0.2) is 34.7 Å². The van der Waals surface area contributed by atoms with Crippen LogP contribution < -0.4 is 10.0 Å². The number of ether oxygens (including phenoxy) is 1. The number of nitrogens with one attached hydrogen (secondary N) is 2. The topological polar surface area (TPSA) is 67.4 Å². The van der Waals surface area contributed by atoms with Crippen molar-refractivity contribution in [1.29, 1.82) is 0 Å². The molecule has 0 amide bonds. The molecule has 1 rings (SSSR count). The molecule has 0 bridgehead atoms. The van der Waals surface area contributed by atoms with Crippen LogP contribution in [0.5, 0.6) is 0 Å². The van der Waals surface area contributed by atoms with Crippen LogP contribution in [0, 0.1) is 6.92 Å². The molecule has 21 heavy (non-hydrogen) atoms. The Labute approximate surface area is 132 Å². The molecular formula is C14H26N2O3S2. The van der Waals surface area contributed by atoms with E-state index in [0.717, 1.165) is 30.0 Å². The van der Waals surface area contributed by atoms with Crippen LogP contribution in [0.3, 0.4) is 0 Å². The zero-order valence-corrected chi connectivity index (χ0v) is 14.7. The van der Waals surface area contributed by atoms with Gasteiger partial charge < -0.3 is 10.1 Å². The van der Waals surface area contributed by atoms with E-state index in [9.17, 15) is 8.42 Å². The maximum absolute atomic E-state index is 12.4. The van der Waals surface area contributed by atoms with Gasteiger partial charge in [-0.05, 0) is 37.3 Å². The fourth-order valence-electron chi connectivity index (χ4n) is 1.91. The molecule has 0 saturated carbocycles. The van der Waals surface area contributed by atoms with E-state index in [2.05, 4.69) is 10.0 Å². The molecule has 7 heteroatoms. The predicted octanol–water partition coefficient (Wildman–Crippen LogP) is 2.26. The number of hydrogen-bond acceptors (Lipinski definition) is 5. The second kappa shape index (κ2) is 9.53. The molecule has 0 aliphatic rings. The average molecular weight is 335 g/mol. The van der Waals surface area contributed by atoms with E-state index in [0.29, 0.717) is 31.0 Å². The molecule has 0 aromatic carbocycles. The van der Waals surface area contributed by atoms with E-state index in [4.69, 9.17) is 4.74 Å². The normalized spacial score (nSPS) is 12.0. The lowest BCUT2D eigenvalue weighted by atomic mass is 10.3. The number of hydrogen-bond donors (Lipinski definition) is 2. The zero-order valence-electron chi connectivity index (χ0n) is 13.1. The summed E-state index contributed by atoms with van der Waals surface area (Å²) in [6.07, 6.45) is 1.67.